The highest BCUT2D eigenvalue weighted by atomic mass is 16.8. The average molecular weight is 546 g/mol. The van der Waals surface area contributed by atoms with Crippen molar-refractivity contribution in [3.63, 3.8) is 0 Å². The Kier molecular flexibility index (Phi) is 9.69. The number of aliphatic hydroxyl groups is 10. The predicted molar refractivity (Wildman–Crippen MR) is 110 cm³/mol. The van der Waals surface area contributed by atoms with Gasteiger partial charge in [0.15, 0.2) is 25.2 Å². The van der Waals surface area contributed by atoms with Gasteiger partial charge in [-0.2, -0.15) is 0 Å². The monoisotopic (exact) mass is 546 g/mol. The van der Waals surface area contributed by atoms with E-state index >= 15 is 0 Å². The molecule has 4 aliphatic rings. The molecule has 10 N–H and O–H groups in total. The highest BCUT2D eigenvalue weighted by molar-refractivity contribution is 4.91. The summed E-state index contributed by atoms with van der Waals surface area (Å²) in [6.07, 6.45) is -24.5. The van der Waals surface area contributed by atoms with Crippen LogP contribution in [0.25, 0.3) is 0 Å². The van der Waals surface area contributed by atoms with Gasteiger partial charge in [0.1, 0.15) is 73.2 Å². The number of hydrogen-bond acceptors (Lipinski definition) is 17. The second-order valence-electron chi connectivity index (χ2n) is 9.35. The van der Waals surface area contributed by atoms with Crippen LogP contribution in [0.4, 0.5) is 0 Å². The zero-order chi connectivity index (χ0) is 27.0. The van der Waals surface area contributed by atoms with Crippen LogP contribution >= 0.6 is 0 Å². The molecule has 16 atom stereocenters. The van der Waals surface area contributed by atoms with Crippen molar-refractivity contribution in [1.29, 1.82) is 0 Å². The summed E-state index contributed by atoms with van der Waals surface area (Å²) in [6, 6.07) is 0. The second-order valence-corrected chi connectivity index (χ2v) is 9.35. The van der Waals surface area contributed by atoms with Crippen LogP contribution in [0.5, 0.6) is 0 Å². The summed E-state index contributed by atoms with van der Waals surface area (Å²) < 4.78 is 37.4. The van der Waals surface area contributed by atoms with E-state index in [1.54, 1.807) is 0 Å². The van der Waals surface area contributed by atoms with E-state index in [2.05, 4.69) is 0 Å². The van der Waals surface area contributed by atoms with Crippen molar-refractivity contribution in [1.82, 2.24) is 0 Å². The van der Waals surface area contributed by atoms with Gasteiger partial charge in [-0.25, -0.2) is 0 Å². The summed E-state index contributed by atoms with van der Waals surface area (Å²) in [5.41, 5.74) is 0. The molecule has 4 saturated heterocycles. The van der Waals surface area contributed by atoms with Crippen LogP contribution in [-0.2, 0) is 33.2 Å². The first-order valence-corrected chi connectivity index (χ1v) is 11.7. The summed E-state index contributed by atoms with van der Waals surface area (Å²) in [4.78, 5) is 0. The standard InChI is InChI=1S/C20H34O17/c21-5-1-32-18(14(28)9(5)23)35-8-4-34-19(15(29)12(8)26)37-16-10(24)6(22)2-33-20(16)36-7-3-31-17(30)13(27)11(7)25/h5-30H,1-4H2/t5-,6-,7-,8-,9+,10+,11+,12+,13-,14-,15-,16-,17-,18+,19+,20+/m1/s1. The van der Waals surface area contributed by atoms with Gasteiger partial charge < -0.3 is 84.2 Å². The lowest BCUT2D eigenvalue weighted by atomic mass is 10.0. The van der Waals surface area contributed by atoms with Gasteiger partial charge in [0.2, 0.25) is 0 Å². The Morgan fingerprint density at radius 1 is 0.405 bits per heavy atom. The zero-order valence-electron chi connectivity index (χ0n) is 19.4. The van der Waals surface area contributed by atoms with Gasteiger partial charge in [-0.1, -0.05) is 0 Å². The maximum atomic E-state index is 10.6. The molecule has 0 aliphatic carbocycles. The normalized spacial score (nSPS) is 53.7. The first-order chi connectivity index (χ1) is 17.5. The Hall–Kier alpha value is -0.680. The number of aliphatic hydroxyl groups excluding tert-OH is 10. The summed E-state index contributed by atoms with van der Waals surface area (Å²) in [5, 5.41) is 100. The van der Waals surface area contributed by atoms with Gasteiger partial charge in [0.25, 0.3) is 0 Å². The van der Waals surface area contributed by atoms with Gasteiger partial charge >= 0.3 is 0 Å². The highest BCUT2D eigenvalue weighted by Gasteiger charge is 2.50. The fourth-order valence-electron chi connectivity index (χ4n) is 4.33. The van der Waals surface area contributed by atoms with Crippen LogP contribution in [0.15, 0.2) is 0 Å². The van der Waals surface area contributed by atoms with Crippen molar-refractivity contribution in [3.05, 3.63) is 0 Å². The largest absolute Gasteiger partial charge is 0.388 e. The van der Waals surface area contributed by atoms with Gasteiger partial charge in [-0.3, -0.25) is 0 Å². The molecule has 0 amide bonds. The van der Waals surface area contributed by atoms with E-state index in [-0.39, 0.29) is 13.2 Å². The highest BCUT2D eigenvalue weighted by Crippen LogP contribution is 2.29. The molecule has 0 unspecified atom stereocenters. The third-order valence-electron chi connectivity index (χ3n) is 6.68. The minimum atomic E-state index is -1.79. The van der Waals surface area contributed by atoms with E-state index in [4.69, 9.17) is 33.2 Å². The van der Waals surface area contributed by atoms with Crippen molar-refractivity contribution in [2.75, 3.05) is 26.4 Å². The average Bonchev–Trinajstić information content (AvgIpc) is 2.87. The third kappa shape index (κ3) is 6.23. The Labute approximate surface area is 209 Å². The van der Waals surface area contributed by atoms with Crippen molar-refractivity contribution >= 4 is 0 Å². The van der Waals surface area contributed by atoms with E-state index in [1.165, 1.54) is 0 Å². The molecule has 0 aromatic rings. The molecule has 4 aliphatic heterocycles. The predicted octanol–water partition coefficient (Wildman–Crippen LogP) is -7.19. The molecule has 0 radical (unpaired) electrons. The van der Waals surface area contributed by atoms with Crippen molar-refractivity contribution in [2.24, 2.45) is 0 Å². The molecule has 0 spiro atoms. The number of ether oxygens (including phenoxy) is 7. The summed E-state index contributed by atoms with van der Waals surface area (Å²) in [6.45, 7) is -1.50. The lowest BCUT2D eigenvalue weighted by molar-refractivity contribution is -0.369. The van der Waals surface area contributed by atoms with Crippen LogP contribution in [0.3, 0.4) is 0 Å². The van der Waals surface area contributed by atoms with Gasteiger partial charge in [0.05, 0.1) is 26.4 Å². The first-order valence-electron chi connectivity index (χ1n) is 11.7. The zero-order valence-corrected chi connectivity index (χ0v) is 19.4. The van der Waals surface area contributed by atoms with E-state index in [9.17, 15) is 51.1 Å². The van der Waals surface area contributed by atoms with Crippen molar-refractivity contribution in [2.45, 2.75) is 98.4 Å². The Bertz CT molecular complexity index is 731. The van der Waals surface area contributed by atoms with Gasteiger partial charge in [-0.05, 0) is 0 Å². The van der Waals surface area contributed by atoms with Crippen LogP contribution < -0.4 is 0 Å². The topological polar surface area (TPSA) is 267 Å². The molecule has 4 heterocycles. The van der Waals surface area contributed by atoms with Crippen LogP contribution in [0.1, 0.15) is 0 Å². The molecular formula is C20H34O17. The molecule has 0 bridgehead atoms. The quantitative estimate of drug-likeness (QED) is 0.148. The molecule has 4 rings (SSSR count). The van der Waals surface area contributed by atoms with Gasteiger partial charge in [0, 0.05) is 0 Å². The SMILES string of the molecule is O[C@@H]1[C@@H](O)[C@H](O[C@@H]2CO[C@@H](O[C@H]3[C@H](O[C@@H]4CO[C@@H](O)[C@H](O)[C@H]4O)OC[C@@H](O)[C@@H]3O)[C@H](O)[C@H]2O)OC[C@H]1O. The molecule has 0 aromatic heterocycles. The Morgan fingerprint density at radius 2 is 0.865 bits per heavy atom. The van der Waals surface area contributed by atoms with E-state index < -0.39 is 112 Å². The molecule has 17 heteroatoms. The summed E-state index contributed by atoms with van der Waals surface area (Å²) in [5.74, 6) is 0. The molecule has 0 saturated carbocycles. The lowest BCUT2D eigenvalue weighted by Crippen LogP contribution is -2.63. The van der Waals surface area contributed by atoms with Crippen LogP contribution in [0.2, 0.25) is 0 Å². The maximum Gasteiger partial charge on any atom is 0.187 e. The fraction of sp³-hybridized carbons (Fsp3) is 1.00. The lowest BCUT2D eigenvalue weighted by Gasteiger charge is -2.45. The van der Waals surface area contributed by atoms with E-state index in [0.29, 0.717) is 0 Å². The molecule has 17 nitrogen and oxygen atoms in total. The maximum absolute atomic E-state index is 10.6. The van der Waals surface area contributed by atoms with E-state index in [0.717, 1.165) is 0 Å². The van der Waals surface area contributed by atoms with Crippen LogP contribution in [0, 0.1) is 0 Å². The van der Waals surface area contributed by atoms with Gasteiger partial charge in [-0.15, -0.1) is 0 Å². The molecule has 0 aromatic carbocycles. The smallest absolute Gasteiger partial charge is 0.187 e. The molecular weight excluding hydrogens is 512 g/mol. The number of hydrogen-bond donors (Lipinski definition) is 10. The van der Waals surface area contributed by atoms with Crippen molar-refractivity contribution in [3.8, 4) is 0 Å². The minimum Gasteiger partial charge on any atom is -0.388 e. The van der Waals surface area contributed by atoms with E-state index in [1.807, 2.05) is 0 Å². The van der Waals surface area contributed by atoms with Crippen molar-refractivity contribution < 1.29 is 84.2 Å². The van der Waals surface area contributed by atoms with Crippen LogP contribution in [-0.4, -0.2) is 176 Å². The Morgan fingerprint density at radius 3 is 1.54 bits per heavy atom. The third-order valence-corrected chi connectivity index (χ3v) is 6.68. The summed E-state index contributed by atoms with van der Waals surface area (Å²) >= 11 is 0. The fourth-order valence-corrected chi connectivity index (χ4v) is 4.33. The molecule has 37 heavy (non-hydrogen) atoms. The molecule has 216 valence electrons. The molecule has 4 fully saturated rings. The second kappa shape index (κ2) is 12.2. The number of rotatable bonds is 6. The summed E-state index contributed by atoms with van der Waals surface area (Å²) in [7, 11) is 0. The Balaban J connectivity index is 1.37. The first kappa shape index (κ1) is 29.3. The minimum absolute atomic E-state index is 0.346.